The predicted octanol–water partition coefficient (Wildman–Crippen LogP) is 3.48. The van der Waals surface area contributed by atoms with Gasteiger partial charge in [-0.2, -0.15) is 0 Å². The van der Waals surface area contributed by atoms with Crippen LogP contribution in [-0.4, -0.2) is 27.2 Å². The van der Waals surface area contributed by atoms with E-state index in [1.54, 1.807) is 6.20 Å². The van der Waals surface area contributed by atoms with Gasteiger partial charge in [-0.3, -0.25) is 4.79 Å². The van der Waals surface area contributed by atoms with Gasteiger partial charge in [0.25, 0.3) is 0 Å². The van der Waals surface area contributed by atoms with E-state index in [-0.39, 0.29) is 18.6 Å². The minimum Gasteiger partial charge on any atom is -0.454 e. The molecule has 1 aliphatic carbocycles. The third kappa shape index (κ3) is 3.58. The van der Waals surface area contributed by atoms with Gasteiger partial charge in [0, 0.05) is 31.9 Å². The molecule has 1 aliphatic heterocycles. The van der Waals surface area contributed by atoms with Crippen LogP contribution in [0.2, 0.25) is 0 Å². The number of carbonyl (C=O) groups is 1. The van der Waals surface area contributed by atoms with Gasteiger partial charge in [-0.05, 0) is 35.6 Å². The molecule has 5 rings (SSSR count). The highest BCUT2D eigenvalue weighted by Crippen LogP contribution is 2.48. The molecule has 6 heteroatoms. The molecule has 0 bridgehead atoms. The second kappa shape index (κ2) is 7.28. The lowest BCUT2D eigenvalue weighted by molar-refractivity contribution is -0.134. The number of fused-ring (bicyclic) bond motifs is 1. The van der Waals surface area contributed by atoms with E-state index in [0.29, 0.717) is 19.0 Å². The molecule has 0 N–H and O–H groups in total. The maximum atomic E-state index is 13.4. The minimum absolute atomic E-state index is 0.0340. The van der Waals surface area contributed by atoms with Crippen LogP contribution in [0.15, 0.2) is 60.9 Å². The Morgan fingerprint density at radius 3 is 2.76 bits per heavy atom. The van der Waals surface area contributed by atoms with E-state index in [4.69, 9.17) is 9.47 Å². The fourth-order valence-electron chi connectivity index (χ4n) is 3.96. The molecular weight excluding hydrogens is 366 g/mol. The highest BCUT2D eigenvalue weighted by atomic mass is 16.7. The summed E-state index contributed by atoms with van der Waals surface area (Å²) in [6.07, 6.45) is 4.58. The van der Waals surface area contributed by atoms with Crippen LogP contribution in [0, 0.1) is 5.92 Å². The summed E-state index contributed by atoms with van der Waals surface area (Å²) < 4.78 is 12.9. The molecule has 2 aromatic carbocycles. The van der Waals surface area contributed by atoms with E-state index in [1.807, 2.05) is 59.1 Å². The molecule has 0 spiro atoms. The second-order valence-electron chi connectivity index (χ2n) is 7.70. The molecule has 1 saturated carbocycles. The Balaban J connectivity index is 1.37. The van der Waals surface area contributed by atoms with Crippen LogP contribution in [-0.2, 0) is 24.9 Å². The summed E-state index contributed by atoms with van der Waals surface area (Å²) in [5.41, 5.74) is 2.26. The van der Waals surface area contributed by atoms with Gasteiger partial charge in [-0.25, -0.2) is 4.98 Å². The molecule has 1 amide bonds. The molecular formula is C23H23N3O3. The number of rotatable bonds is 6. The highest BCUT2D eigenvalue weighted by Gasteiger charge is 2.45. The topological polar surface area (TPSA) is 56.6 Å². The first-order valence-electron chi connectivity index (χ1n) is 9.87. The van der Waals surface area contributed by atoms with Crippen molar-refractivity contribution in [2.45, 2.75) is 25.4 Å². The second-order valence-corrected chi connectivity index (χ2v) is 7.70. The van der Waals surface area contributed by atoms with Gasteiger partial charge >= 0.3 is 0 Å². The van der Waals surface area contributed by atoms with E-state index in [1.165, 1.54) is 5.56 Å². The lowest BCUT2D eigenvalue weighted by Crippen LogP contribution is -2.32. The number of aromatic nitrogens is 2. The first-order chi connectivity index (χ1) is 14.2. The van der Waals surface area contributed by atoms with Crippen LogP contribution < -0.4 is 9.47 Å². The van der Waals surface area contributed by atoms with Crippen molar-refractivity contribution in [3.63, 3.8) is 0 Å². The number of aryl methyl sites for hydroxylation is 1. The first kappa shape index (κ1) is 17.8. The maximum Gasteiger partial charge on any atom is 0.231 e. The molecule has 1 fully saturated rings. The number of ether oxygens (including phenoxy) is 2. The van der Waals surface area contributed by atoms with Crippen LogP contribution in [0.3, 0.4) is 0 Å². The Labute approximate surface area is 169 Å². The van der Waals surface area contributed by atoms with Gasteiger partial charge in [0.15, 0.2) is 11.5 Å². The van der Waals surface area contributed by atoms with Gasteiger partial charge in [-0.15, -0.1) is 0 Å². The quantitative estimate of drug-likeness (QED) is 0.648. The normalized spacial score (nSPS) is 19.2. The van der Waals surface area contributed by atoms with Crippen LogP contribution in [0.25, 0.3) is 0 Å². The van der Waals surface area contributed by atoms with Crippen molar-refractivity contribution in [3.8, 4) is 11.5 Å². The summed E-state index contributed by atoms with van der Waals surface area (Å²) in [5, 5.41) is 0. The molecule has 2 atom stereocenters. The van der Waals surface area contributed by atoms with Crippen LogP contribution in [0.4, 0.5) is 0 Å². The molecule has 0 saturated heterocycles. The Bertz CT molecular complexity index is 1030. The summed E-state index contributed by atoms with van der Waals surface area (Å²) in [4.78, 5) is 19.7. The minimum atomic E-state index is 0.0340. The van der Waals surface area contributed by atoms with Crippen molar-refractivity contribution < 1.29 is 14.3 Å². The summed E-state index contributed by atoms with van der Waals surface area (Å²) in [7, 11) is 1.95. The third-order valence-electron chi connectivity index (χ3n) is 5.71. The highest BCUT2D eigenvalue weighted by molar-refractivity contribution is 5.83. The third-order valence-corrected chi connectivity index (χ3v) is 5.71. The Kier molecular flexibility index (Phi) is 4.46. The van der Waals surface area contributed by atoms with Crippen molar-refractivity contribution in [1.82, 2.24) is 14.5 Å². The lowest BCUT2D eigenvalue weighted by atomic mass is 10.1. The number of carbonyl (C=O) groups excluding carboxylic acids is 1. The zero-order valence-electron chi connectivity index (χ0n) is 16.3. The number of nitrogens with zero attached hydrogens (tertiary/aromatic N) is 3. The fraction of sp³-hybridized carbons (Fsp3) is 0.304. The molecule has 148 valence electrons. The lowest BCUT2D eigenvalue weighted by Gasteiger charge is -2.23. The van der Waals surface area contributed by atoms with E-state index < -0.39 is 0 Å². The van der Waals surface area contributed by atoms with Gasteiger partial charge in [0.1, 0.15) is 5.82 Å². The van der Waals surface area contributed by atoms with Gasteiger partial charge in [-0.1, -0.05) is 36.4 Å². The number of benzene rings is 2. The standard InChI is InChI=1S/C23H23N3O3/c1-25-10-9-24-22(25)14-26(13-16-7-8-20-21(11-16)29-15-28-20)23(27)19-12-18(19)17-5-3-2-4-6-17/h2-11,18-19H,12-15H2,1H3/t18-,19-/m0/s1. The zero-order chi connectivity index (χ0) is 19.8. The summed E-state index contributed by atoms with van der Waals surface area (Å²) in [6.45, 7) is 1.24. The Morgan fingerprint density at radius 2 is 1.97 bits per heavy atom. The fourth-order valence-corrected chi connectivity index (χ4v) is 3.96. The van der Waals surface area contributed by atoms with Crippen molar-refractivity contribution >= 4 is 5.91 Å². The van der Waals surface area contributed by atoms with Crippen molar-refractivity contribution in [1.29, 1.82) is 0 Å². The van der Waals surface area contributed by atoms with Gasteiger partial charge in [0.2, 0.25) is 12.7 Å². The number of imidazole rings is 1. The molecule has 2 aliphatic rings. The Hall–Kier alpha value is -3.28. The van der Waals surface area contributed by atoms with Gasteiger partial charge in [0.05, 0.1) is 6.54 Å². The average molecular weight is 389 g/mol. The summed E-state index contributed by atoms with van der Waals surface area (Å²) >= 11 is 0. The molecule has 6 nitrogen and oxygen atoms in total. The van der Waals surface area contributed by atoms with Crippen LogP contribution in [0.1, 0.15) is 29.3 Å². The number of amides is 1. The van der Waals surface area contributed by atoms with Crippen molar-refractivity contribution in [2.24, 2.45) is 13.0 Å². The summed E-state index contributed by atoms with van der Waals surface area (Å²) in [5.74, 6) is 2.88. The molecule has 3 aromatic rings. The number of hydrogen-bond acceptors (Lipinski definition) is 4. The van der Waals surface area contributed by atoms with Gasteiger partial charge < -0.3 is 18.9 Å². The van der Waals surface area contributed by atoms with Crippen LogP contribution in [0.5, 0.6) is 11.5 Å². The first-order valence-corrected chi connectivity index (χ1v) is 9.87. The molecule has 1 aromatic heterocycles. The largest absolute Gasteiger partial charge is 0.454 e. The van der Waals surface area contributed by atoms with Crippen molar-refractivity contribution in [2.75, 3.05) is 6.79 Å². The molecule has 0 unspecified atom stereocenters. The maximum absolute atomic E-state index is 13.4. The van der Waals surface area contributed by atoms with Crippen molar-refractivity contribution in [3.05, 3.63) is 77.9 Å². The average Bonchev–Trinajstić information content (AvgIpc) is 3.24. The van der Waals surface area contributed by atoms with E-state index in [2.05, 4.69) is 17.1 Å². The van der Waals surface area contributed by atoms with E-state index in [9.17, 15) is 4.79 Å². The predicted molar refractivity (Wildman–Crippen MR) is 107 cm³/mol. The van der Waals surface area contributed by atoms with E-state index >= 15 is 0 Å². The Morgan fingerprint density at radius 1 is 1.14 bits per heavy atom. The molecule has 2 heterocycles. The number of hydrogen-bond donors (Lipinski definition) is 0. The van der Waals surface area contributed by atoms with E-state index in [0.717, 1.165) is 29.3 Å². The smallest absolute Gasteiger partial charge is 0.231 e. The monoisotopic (exact) mass is 389 g/mol. The summed E-state index contributed by atoms with van der Waals surface area (Å²) in [6, 6.07) is 16.2. The zero-order valence-corrected chi connectivity index (χ0v) is 16.3. The molecule has 29 heavy (non-hydrogen) atoms. The SMILES string of the molecule is Cn1ccnc1CN(Cc1ccc2c(c1)OCO2)C(=O)[C@H]1C[C@H]1c1ccccc1. The van der Waals surface area contributed by atoms with Crippen LogP contribution >= 0.6 is 0 Å². The molecule has 0 radical (unpaired) electrons.